The molecule has 0 aliphatic carbocycles. The highest BCUT2D eigenvalue weighted by Crippen LogP contribution is 2.27. The van der Waals surface area contributed by atoms with E-state index in [1.54, 1.807) is 16.8 Å². The fraction of sp³-hybridized carbons (Fsp3) is 0.222. The van der Waals surface area contributed by atoms with E-state index in [2.05, 4.69) is 11.9 Å². The largest absolute Gasteiger partial charge is 0.490 e. The van der Waals surface area contributed by atoms with Gasteiger partial charge in [-0.1, -0.05) is 30.9 Å². The third-order valence-corrected chi connectivity index (χ3v) is 5.44. The van der Waals surface area contributed by atoms with Crippen LogP contribution in [0.2, 0.25) is 0 Å². The number of nitriles is 1. The van der Waals surface area contributed by atoms with Crippen LogP contribution < -0.4 is 10.1 Å². The van der Waals surface area contributed by atoms with E-state index >= 15 is 0 Å². The quantitative estimate of drug-likeness (QED) is 0.296. The first-order valence-electron chi connectivity index (χ1n) is 11.2. The van der Waals surface area contributed by atoms with Gasteiger partial charge in [0, 0.05) is 30.5 Å². The summed E-state index contributed by atoms with van der Waals surface area (Å²) < 4.78 is 12.9. The number of hydrogen-bond acceptors (Lipinski definition) is 5. The van der Waals surface area contributed by atoms with Crippen LogP contribution in [-0.2, 0) is 9.53 Å². The number of rotatable bonds is 9. The molecule has 1 aromatic heterocycles. The van der Waals surface area contributed by atoms with Crippen molar-refractivity contribution in [2.24, 2.45) is 0 Å². The van der Waals surface area contributed by atoms with E-state index in [9.17, 15) is 10.1 Å². The van der Waals surface area contributed by atoms with Crippen LogP contribution in [0.1, 0.15) is 18.4 Å². The van der Waals surface area contributed by atoms with E-state index in [1.807, 2.05) is 66.9 Å². The molecule has 3 aromatic rings. The Morgan fingerprint density at radius 2 is 2.06 bits per heavy atom. The number of benzene rings is 2. The van der Waals surface area contributed by atoms with Gasteiger partial charge in [-0.25, -0.2) is 4.68 Å². The summed E-state index contributed by atoms with van der Waals surface area (Å²) >= 11 is 0. The molecule has 4 rings (SSSR count). The Balaban J connectivity index is 1.65. The average molecular weight is 455 g/mol. The summed E-state index contributed by atoms with van der Waals surface area (Å²) in [6, 6.07) is 19.2. The molecule has 1 aliphatic rings. The number of nitrogens with one attached hydrogen (secondary N) is 1. The first kappa shape index (κ1) is 23.0. The van der Waals surface area contributed by atoms with Crippen LogP contribution >= 0.6 is 0 Å². The monoisotopic (exact) mass is 454 g/mol. The number of amides is 1. The lowest BCUT2D eigenvalue weighted by Gasteiger charge is -2.10. The summed E-state index contributed by atoms with van der Waals surface area (Å²) in [5.74, 6) is 0.291. The molecule has 1 atom stereocenters. The average Bonchev–Trinajstić information content (AvgIpc) is 3.56. The van der Waals surface area contributed by atoms with E-state index in [4.69, 9.17) is 14.6 Å². The van der Waals surface area contributed by atoms with Crippen molar-refractivity contribution in [3.63, 3.8) is 0 Å². The zero-order chi connectivity index (χ0) is 23.8. The number of carbonyl (C=O) groups is 1. The van der Waals surface area contributed by atoms with Crippen LogP contribution in [0.5, 0.6) is 5.75 Å². The molecular formula is C27H26N4O3. The van der Waals surface area contributed by atoms with Crippen molar-refractivity contribution in [1.29, 1.82) is 5.26 Å². The summed E-state index contributed by atoms with van der Waals surface area (Å²) in [6.45, 7) is 5.18. The lowest BCUT2D eigenvalue weighted by molar-refractivity contribution is -0.117. The Morgan fingerprint density at radius 1 is 1.26 bits per heavy atom. The molecule has 0 bridgehead atoms. The van der Waals surface area contributed by atoms with Crippen LogP contribution in [-0.4, -0.2) is 41.6 Å². The third kappa shape index (κ3) is 5.61. The van der Waals surface area contributed by atoms with E-state index in [0.29, 0.717) is 31.0 Å². The minimum absolute atomic E-state index is 0.00195. The normalized spacial score (nSPS) is 15.5. The second-order valence-electron chi connectivity index (χ2n) is 7.85. The van der Waals surface area contributed by atoms with Crippen molar-refractivity contribution in [1.82, 2.24) is 15.1 Å². The molecule has 34 heavy (non-hydrogen) atoms. The molecule has 2 heterocycles. The minimum atomic E-state index is -0.426. The molecule has 1 fully saturated rings. The standard InChI is InChI=1S/C27H26N4O3/c1-2-14-33-24-12-10-20(11-13-24)26-22(19-31(30-26)23-7-4-3-5-8-23)16-21(17-28)27(32)29-18-25-9-6-15-34-25/h2-5,7-8,10-13,16,19,25H,1,6,9,14-15,18H2,(H,29,32)/b21-16+/t25-/m0/s1. The minimum Gasteiger partial charge on any atom is -0.490 e. The van der Waals surface area contributed by atoms with E-state index in [1.165, 1.54) is 0 Å². The van der Waals surface area contributed by atoms with Gasteiger partial charge in [0.1, 0.15) is 24.0 Å². The molecule has 1 saturated heterocycles. The van der Waals surface area contributed by atoms with E-state index in [-0.39, 0.29) is 11.7 Å². The lowest BCUT2D eigenvalue weighted by Crippen LogP contribution is -2.32. The maximum absolute atomic E-state index is 12.7. The molecule has 1 N–H and O–H groups in total. The lowest BCUT2D eigenvalue weighted by atomic mass is 10.1. The maximum atomic E-state index is 12.7. The Kier molecular flexibility index (Phi) is 7.53. The van der Waals surface area contributed by atoms with E-state index < -0.39 is 5.91 Å². The highest BCUT2D eigenvalue weighted by atomic mass is 16.5. The number of hydrogen-bond donors (Lipinski definition) is 1. The van der Waals surface area contributed by atoms with Gasteiger partial charge in [0.25, 0.3) is 5.91 Å². The number of aromatic nitrogens is 2. The molecule has 172 valence electrons. The van der Waals surface area contributed by atoms with Gasteiger partial charge in [-0.2, -0.15) is 10.4 Å². The molecule has 2 aromatic carbocycles. The van der Waals surface area contributed by atoms with Gasteiger partial charge in [-0.3, -0.25) is 4.79 Å². The molecule has 0 saturated carbocycles. The Bertz CT molecular complexity index is 1200. The van der Waals surface area contributed by atoms with Gasteiger partial charge in [-0.05, 0) is 55.3 Å². The zero-order valence-corrected chi connectivity index (χ0v) is 18.8. The summed E-state index contributed by atoms with van der Waals surface area (Å²) in [4.78, 5) is 12.7. The fourth-order valence-corrected chi connectivity index (χ4v) is 3.71. The fourth-order valence-electron chi connectivity index (χ4n) is 3.71. The summed E-state index contributed by atoms with van der Waals surface area (Å²) in [5.41, 5.74) is 3.03. The summed E-state index contributed by atoms with van der Waals surface area (Å²) in [5, 5.41) is 17.3. The third-order valence-electron chi connectivity index (χ3n) is 5.44. The maximum Gasteiger partial charge on any atom is 0.262 e. The van der Waals surface area contributed by atoms with Gasteiger partial charge in [-0.15, -0.1) is 0 Å². The van der Waals surface area contributed by atoms with Crippen molar-refractivity contribution in [3.8, 4) is 28.8 Å². The summed E-state index contributed by atoms with van der Waals surface area (Å²) in [7, 11) is 0. The predicted octanol–water partition coefficient (Wildman–Crippen LogP) is 4.31. The first-order chi connectivity index (χ1) is 16.7. The van der Waals surface area contributed by atoms with E-state index in [0.717, 1.165) is 29.8 Å². The van der Waals surface area contributed by atoms with Crippen molar-refractivity contribution < 1.29 is 14.3 Å². The first-order valence-corrected chi connectivity index (χ1v) is 11.2. The van der Waals surface area contributed by atoms with Gasteiger partial charge in [0.05, 0.1) is 17.5 Å². The zero-order valence-electron chi connectivity index (χ0n) is 18.8. The molecular weight excluding hydrogens is 428 g/mol. The van der Waals surface area contributed by atoms with Crippen LogP contribution in [0.3, 0.4) is 0 Å². The van der Waals surface area contributed by atoms with Crippen LogP contribution in [0.25, 0.3) is 23.0 Å². The molecule has 1 aliphatic heterocycles. The Labute approximate surface area is 198 Å². The molecule has 7 nitrogen and oxygen atoms in total. The molecule has 0 unspecified atom stereocenters. The van der Waals surface area contributed by atoms with Crippen LogP contribution in [0.15, 0.2) is 79.0 Å². The number of para-hydroxylation sites is 1. The topological polar surface area (TPSA) is 89.2 Å². The smallest absolute Gasteiger partial charge is 0.262 e. The van der Waals surface area contributed by atoms with Gasteiger partial charge in [0.15, 0.2) is 0 Å². The number of nitrogens with zero attached hydrogens (tertiary/aromatic N) is 3. The van der Waals surface area contributed by atoms with Crippen molar-refractivity contribution in [3.05, 3.63) is 84.6 Å². The van der Waals surface area contributed by atoms with Crippen molar-refractivity contribution in [2.45, 2.75) is 18.9 Å². The van der Waals surface area contributed by atoms with Gasteiger partial charge < -0.3 is 14.8 Å². The highest BCUT2D eigenvalue weighted by molar-refractivity contribution is 6.02. The van der Waals surface area contributed by atoms with Crippen LogP contribution in [0, 0.1) is 11.3 Å². The van der Waals surface area contributed by atoms with Crippen molar-refractivity contribution in [2.75, 3.05) is 19.8 Å². The Hall–Kier alpha value is -4.15. The van der Waals surface area contributed by atoms with Gasteiger partial charge >= 0.3 is 0 Å². The molecule has 0 spiro atoms. The SMILES string of the molecule is C=CCOc1ccc(-c2nn(-c3ccccc3)cc2/C=C(\C#N)C(=O)NC[C@@H]2CCCO2)cc1. The molecule has 7 heteroatoms. The second kappa shape index (κ2) is 11.1. The second-order valence-corrected chi connectivity index (χ2v) is 7.85. The Morgan fingerprint density at radius 3 is 2.74 bits per heavy atom. The molecule has 0 radical (unpaired) electrons. The van der Waals surface area contributed by atoms with Crippen LogP contribution in [0.4, 0.5) is 0 Å². The number of carbonyl (C=O) groups excluding carboxylic acids is 1. The number of ether oxygens (including phenoxy) is 2. The summed E-state index contributed by atoms with van der Waals surface area (Å²) in [6.07, 6.45) is 6.98. The highest BCUT2D eigenvalue weighted by Gasteiger charge is 2.19. The predicted molar refractivity (Wildman–Crippen MR) is 130 cm³/mol. The van der Waals surface area contributed by atoms with Gasteiger partial charge in [0.2, 0.25) is 0 Å². The van der Waals surface area contributed by atoms with Crippen molar-refractivity contribution >= 4 is 12.0 Å². The molecule has 1 amide bonds.